The van der Waals surface area contributed by atoms with E-state index in [-0.39, 0.29) is 5.91 Å². The van der Waals surface area contributed by atoms with Crippen LogP contribution >= 0.6 is 11.5 Å². The number of carbonyl (C=O) groups is 1. The minimum atomic E-state index is -0.193. The number of carbonyl (C=O) groups excluding carboxylic acids is 1. The summed E-state index contributed by atoms with van der Waals surface area (Å²) in [7, 11) is 0. The number of nitrogens with one attached hydrogen (secondary N) is 1. The van der Waals surface area contributed by atoms with Gasteiger partial charge in [-0.25, -0.2) is 0 Å². The molecule has 158 valence electrons. The molecule has 0 aliphatic rings. The first-order chi connectivity index (χ1) is 15.7. The van der Waals surface area contributed by atoms with Crippen molar-refractivity contribution in [3.63, 3.8) is 0 Å². The van der Waals surface area contributed by atoms with E-state index in [9.17, 15) is 4.79 Å². The van der Waals surface area contributed by atoms with Crippen LogP contribution in [-0.2, 0) is 6.42 Å². The lowest BCUT2D eigenvalue weighted by molar-refractivity contribution is 0.102. The minimum Gasteiger partial charge on any atom is -0.321 e. The molecule has 0 atom stereocenters. The highest BCUT2D eigenvalue weighted by atomic mass is 32.1. The van der Waals surface area contributed by atoms with E-state index in [0.717, 1.165) is 46.9 Å². The number of nitrogens with zero attached hydrogens (tertiary/aromatic N) is 7. The maximum absolute atomic E-state index is 12.6. The minimum absolute atomic E-state index is 0.193. The van der Waals surface area contributed by atoms with Gasteiger partial charge in [0.05, 0.1) is 11.4 Å². The second-order valence-corrected chi connectivity index (χ2v) is 7.84. The molecule has 0 unspecified atom stereocenters. The van der Waals surface area contributed by atoms with E-state index in [1.807, 2.05) is 55.5 Å². The van der Waals surface area contributed by atoms with Gasteiger partial charge in [-0.2, -0.15) is 9.61 Å². The van der Waals surface area contributed by atoms with Gasteiger partial charge in [-0.3, -0.25) is 9.78 Å². The zero-order valence-corrected chi connectivity index (χ0v) is 18.0. The van der Waals surface area contributed by atoms with Crippen LogP contribution in [0, 0.1) is 0 Å². The third-order valence-corrected chi connectivity index (χ3v) is 5.64. The molecule has 0 bridgehead atoms. The standard InChI is InChI=1S/C22H18N8OS/c1-2-4-18-20(32-29-25-18)22(31)24-16-8-6-14(7-9-16)17-10-11-19-26-27-21(30(19)28-17)15-5-3-12-23-13-15/h3,5-13H,2,4H2,1H3,(H,24,31). The third kappa shape index (κ3) is 3.83. The highest BCUT2D eigenvalue weighted by Crippen LogP contribution is 2.23. The van der Waals surface area contributed by atoms with Crippen molar-refractivity contribution < 1.29 is 4.79 Å². The molecule has 32 heavy (non-hydrogen) atoms. The Morgan fingerprint density at radius 1 is 1.03 bits per heavy atom. The Kier molecular flexibility index (Phi) is 5.34. The van der Waals surface area contributed by atoms with Gasteiger partial charge in [0.25, 0.3) is 5.91 Å². The Balaban J connectivity index is 1.39. The van der Waals surface area contributed by atoms with Crippen molar-refractivity contribution in [2.75, 3.05) is 5.32 Å². The Bertz CT molecular complexity index is 1380. The first-order valence-corrected chi connectivity index (χ1v) is 10.9. The summed E-state index contributed by atoms with van der Waals surface area (Å²) in [5, 5.41) is 20.1. The van der Waals surface area contributed by atoms with Gasteiger partial charge >= 0.3 is 0 Å². The van der Waals surface area contributed by atoms with E-state index in [1.165, 1.54) is 0 Å². The van der Waals surface area contributed by atoms with Gasteiger partial charge in [-0.15, -0.1) is 15.3 Å². The predicted octanol–water partition coefficient (Wildman–Crippen LogP) is 3.91. The second kappa shape index (κ2) is 8.60. The highest BCUT2D eigenvalue weighted by molar-refractivity contribution is 7.08. The smallest absolute Gasteiger partial charge is 0.269 e. The van der Waals surface area contributed by atoms with Gasteiger partial charge in [-0.1, -0.05) is 30.0 Å². The number of aryl methyl sites for hydroxylation is 1. The maximum Gasteiger partial charge on any atom is 0.269 e. The van der Waals surface area contributed by atoms with Crippen molar-refractivity contribution in [1.82, 2.24) is 34.4 Å². The van der Waals surface area contributed by atoms with Crippen molar-refractivity contribution in [2.24, 2.45) is 0 Å². The molecule has 5 aromatic rings. The van der Waals surface area contributed by atoms with E-state index in [2.05, 4.69) is 30.1 Å². The fourth-order valence-electron chi connectivity index (χ4n) is 3.31. The summed E-state index contributed by atoms with van der Waals surface area (Å²) in [6.45, 7) is 2.05. The van der Waals surface area contributed by atoms with Gasteiger partial charge in [0, 0.05) is 29.2 Å². The molecular formula is C22H18N8OS. The number of benzene rings is 1. The van der Waals surface area contributed by atoms with E-state index in [1.54, 1.807) is 16.9 Å². The third-order valence-electron chi connectivity index (χ3n) is 4.87. The topological polar surface area (TPSA) is 111 Å². The summed E-state index contributed by atoms with van der Waals surface area (Å²) in [5.74, 6) is 0.432. The number of rotatable bonds is 6. The number of amides is 1. The summed E-state index contributed by atoms with van der Waals surface area (Å²) in [4.78, 5) is 17.3. The van der Waals surface area contributed by atoms with Crippen molar-refractivity contribution in [1.29, 1.82) is 0 Å². The van der Waals surface area contributed by atoms with Crippen LogP contribution in [0.25, 0.3) is 28.3 Å². The second-order valence-electron chi connectivity index (χ2n) is 7.08. The number of hydrogen-bond donors (Lipinski definition) is 1. The van der Waals surface area contributed by atoms with Gasteiger partial charge in [0.2, 0.25) is 0 Å². The largest absolute Gasteiger partial charge is 0.321 e. The summed E-state index contributed by atoms with van der Waals surface area (Å²) in [6, 6.07) is 15.1. The molecule has 0 spiro atoms. The molecule has 1 aromatic carbocycles. The lowest BCUT2D eigenvalue weighted by atomic mass is 10.1. The van der Waals surface area contributed by atoms with Crippen LogP contribution in [0.1, 0.15) is 28.7 Å². The average Bonchev–Trinajstić information content (AvgIpc) is 3.47. The van der Waals surface area contributed by atoms with Crippen LogP contribution in [-0.4, -0.2) is 40.3 Å². The Morgan fingerprint density at radius 2 is 1.91 bits per heavy atom. The molecule has 0 saturated carbocycles. The molecule has 0 aliphatic carbocycles. The van der Waals surface area contributed by atoms with E-state index in [4.69, 9.17) is 5.10 Å². The summed E-state index contributed by atoms with van der Waals surface area (Å²) < 4.78 is 5.62. The molecule has 0 saturated heterocycles. The number of aromatic nitrogens is 7. The maximum atomic E-state index is 12.6. The first-order valence-electron chi connectivity index (χ1n) is 10.1. The van der Waals surface area contributed by atoms with Crippen molar-refractivity contribution in [3.05, 3.63) is 71.5 Å². The number of pyridine rings is 1. The predicted molar refractivity (Wildman–Crippen MR) is 121 cm³/mol. The number of hydrogen-bond acceptors (Lipinski definition) is 8. The van der Waals surface area contributed by atoms with E-state index >= 15 is 0 Å². The van der Waals surface area contributed by atoms with Crippen LogP contribution in [0.2, 0.25) is 0 Å². The van der Waals surface area contributed by atoms with Crippen LogP contribution in [0.5, 0.6) is 0 Å². The Labute approximate surface area is 187 Å². The van der Waals surface area contributed by atoms with Crippen molar-refractivity contribution in [2.45, 2.75) is 19.8 Å². The summed E-state index contributed by atoms with van der Waals surface area (Å²) in [6.07, 6.45) is 5.08. The van der Waals surface area contributed by atoms with Gasteiger partial charge in [0.1, 0.15) is 4.88 Å². The number of fused-ring (bicyclic) bond motifs is 1. The average molecular weight is 443 g/mol. The van der Waals surface area contributed by atoms with E-state index in [0.29, 0.717) is 22.0 Å². The van der Waals surface area contributed by atoms with E-state index < -0.39 is 0 Å². The fourth-order valence-corrected chi connectivity index (χ4v) is 3.91. The monoisotopic (exact) mass is 442 g/mol. The normalized spacial score (nSPS) is 11.0. The molecule has 5 rings (SSSR count). The van der Waals surface area contributed by atoms with Gasteiger partial charge in [-0.05, 0) is 54.4 Å². The van der Waals surface area contributed by atoms with Crippen LogP contribution in [0.4, 0.5) is 5.69 Å². The molecule has 9 nitrogen and oxygen atoms in total. The molecule has 0 aliphatic heterocycles. The van der Waals surface area contributed by atoms with Crippen molar-refractivity contribution in [3.8, 4) is 22.6 Å². The van der Waals surface area contributed by atoms with Crippen LogP contribution in [0.3, 0.4) is 0 Å². The fraction of sp³-hybridized carbons (Fsp3) is 0.136. The van der Waals surface area contributed by atoms with Crippen LogP contribution < -0.4 is 5.32 Å². The highest BCUT2D eigenvalue weighted by Gasteiger charge is 2.16. The Hall–Kier alpha value is -4.05. The van der Waals surface area contributed by atoms with Gasteiger partial charge < -0.3 is 5.32 Å². The molecule has 1 amide bonds. The number of anilines is 1. The molecule has 0 radical (unpaired) electrons. The van der Waals surface area contributed by atoms with Crippen molar-refractivity contribution >= 4 is 28.8 Å². The molecule has 1 N–H and O–H groups in total. The lowest BCUT2D eigenvalue weighted by Gasteiger charge is -2.07. The summed E-state index contributed by atoms with van der Waals surface area (Å²) >= 11 is 1.12. The Morgan fingerprint density at radius 3 is 2.69 bits per heavy atom. The van der Waals surface area contributed by atoms with Gasteiger partial charge in [0.15, 0.2) is 11.5 Å². The molecular weight excluding hydrogens is 424 g/mol. The lowest BCUT2D eigenvalue weighted by Crippen LogP contribution is -2.12. The summed E-state index contributed by atoms with van der Waals surface area (Å²) in [5.41, 5.74) is 4.58. The quantitative estimate of drug-likeness (QED) is 0.424. The van der Waals surface area contributed by atoms with Crippen LogP contribution in [0.15, 0.2) is 60.9 Å². The molecule has 0 fully saturated rings. The zero-order chi connectivity index (χ0) is 21.9. The first kappa shape index (κ1) is 19.9. The zero-order valence-electron chi connectivity index (χ0n) is 17.1. The molecule has 4 aromatic heterocycles. The SMILES string of the molecule is CCCc1nnsc1C(=O)Nc1ccc(-c2ccc3nnc(-c4cccnc4)n3n2)cc1. The molecule has 10 heteroatoms. The molecule has 4 heterocycles.